The predicted molar refractivity (Wildman–Crippen MR) is 89.7 cm³/mol. The van der Waals surface area contributed by atoms with Crippen molar-refractivity contribution in [2.75, 3.05) is 6.54 Å². The third-order valence-corrected chi connectivity index (χ3v) is 5.30. The van der Waals surface area contributed by atoms with Crippen molar-refractivity contribution in [3.05, 3.63) is 47.4 Å². The van der Waals surface area contributed by atoms with E-state index in [0.717, 1.165) is 50.1 Å². The van der Waals surface area contributed by atoms with Crippen LogP contribution in [0.4, 0.5) is 0 Å². The second-order valence-electron chi connectivity index (χ2n) is 6.88. The molecule has 0 N–H and O–H groups in total. The molecule has 2 aromatic rings. The first-order valence-corrected chi connectivity index (χ1v) is 8.92. The van der Waals surface area contributed by atoms with Crippen LogP contribution in [0.1, 0.15) is 78.2 Å². The lowest BCUT2D eigenvalue weighted by Crippen LogP contribution is -2.39. The molecule has 126 valence electrons. The van der Waals surface area contributed by atoms with Crippen LogP contribution < -0.4 is 0 Å². The highest BCUT2D eigenvalue weighted by atomic mass is 16.4. The summed E-state index contributed by atoms with van der Waals surface area (Å²) in [7, 11) is 0. The lowest BCUT2D eigenvalue weighted by molar-refractivity contribution is 0.0604. The fraction of sp³-hybridized carbons (Fsp3) is 0.526. The van der Waals surface area contributed by atoms with Crippen LogP contribution in [-0.2, 0) is 0 Å². The van der Waals surface area contributed by atoms with Gasteiger partial charge in [0.25, 0.3) is 5.91 Å². The smallest absolute Gasteiger partial charge is 0.276 e. The van der Waals surface area contributed by atoms with Crippen molar-refractivity contribution in [2.24, 2.45) is 0 Å². The van der Waals surface area contributed by atoms with E-state index >= 15 is 0 Å². The molecule has 1 amide bonds. The molecule has 2 fully saturated rings. The van der Waals surface area contributed by atoms with E-state index in [1.54, 1.807) is 6.20 Å². The molecule has 24 heavy (non-hydrogen) atoms. The number of rotatable bonds is 3. The quantitative estimate of drug-likeness (QED) is 0.855. The number of aryl methyl sites for hydroxylation is 1. The zero-order valence-corrected chi connectivity index (χ0v) is 14.1. The van der Waals surface area contributed by atoms with Crippen LogP contribution in [0.5, 0.6) is 0 Å². The monoisotopic (exact) mass is 325 g/mol. The van der Waals surface area contributed by atoms with Crippen molar-refractivity contribution >= 4 is 5.91 Å². The van der Waals surface area contributed by atoms with Crippen LogP contribution in [0.15, 0.2) is 28.9 Å². The van der Waals surface area contributed by atoms with Crippen molar-refractivity contribution in [3.63, 3.8) is 0 Å². The first-order valence-electron chi connectivity index (χ1n) is 8.92. The van der Waals surface area contributed by atoms with Gasteiger partial charge in [-0.25, -0.2) is 4.98 Å². The second kappa shape index (κ2) is 6.38. The lowest BCUT2D eigenvalue weighted by atomic mass is 9.85. The molecule has 1 saturated heterocycles. The van der Waals surface area contributed by atoms with Crippen molar-refractivity contribution in [1.82, 2.24) is 14.9 Å². The van der Waals surface area contributed by atoms with Crippen LogP contribution in [0, 0.1) is 6.92 Å². The van der Waals surface area contributed by atoms with Crippen LogP contribution in [-0.4, -0.2) is 27.3 Å². The second-order valence-corrected chi connectivity index (χ2v) is 6.88. The molecule has 5 nitrogen and oxygen atoms in total. The number of amides is 1. The standard InChI is InChI=1S/C19H23N3O2/c1-13-17(21-18(24-13)14-6-4-7-14)19(23)22-11-3-2-9-16(22)15-8-5-10-20-12-15/h5,8,10,12,14,16H,2-4,6-7,9,11H2,1H3/t16-/m0/s1. The molecule has 5 heteroatoms. The minimum atomic E-state index is -0.00428. The molecule has 0 aromatic carbocycles. The first-order chi connectivity index (χ1) is 11.7. The molecule has 2 aromatic heterocycles. The summed E-state index contributed by atoms with van der Waals surface area (Å²) in [4.78, 5) is 23.9. The molecule has 0 unspecified atom stereocenters. The van der Waals surface area contributed by atoms with Crippen molar-refractivity contribution < 1.29 is 9.21 Å². The topological polar surface area (TPSA) is 59.2 Å². The Bertz CT molecular complexity index is 721. The zero-order valence-electron chi connectivity index (χ0n) is 14.1. The van der Waals surface area contributed by atoms with Gasteiger partial charge in [-0.15, -0.1) is 0 Å². The number of piperidine rings is 1. The molecule has 0 spiro atoms. The fourth-order valence-corrected chi connectivity index (χ4v) is 3.68. The van der Waals surface area contributed by atoms with Crippen LogP contribution in [0.2, 0.25) is 0 Å². The molecule has 3 heterocycles. The van der Waals surface area contributed by atoms with Gasteiger partial charge in [-0.3, -0.25) is 9.78 Å². The molecule has 0 bridgehead atoms. The maximum Gasteiger partial charge on any atom is 0.276 e. The highest BCUT2D eigenvalue weighted by Gasteiger charge is 2.33. The van der Waals surface area contributed by atoms with E-state index in [2.05, 4.69) is 16.0 Å². The third kappa shape index (κ3) is 2.72. The minimum Gasteiger partial charge on any atom is -0.445 e. The summed E-state index contributed by atoms with van der Waals surface area (Å²) in [5, 5.41) is 0. The van der Waals surface area contributed by atoms with E-state index in [1.807, 2.05) is 24.1 Å². The molecular formula is C19H23N3O2. The summed E-state index contributed by atoms with van der Waals surface area (Å²) >= 11 is 0. The number of carbonyl (C=O) groups is 1. The SMILES string of the molecule is Cc1oc(C2CCC2)nc1C(=O)N1CCCC[C@H]1c1cccnc1. The van der Waals surface area contributed by atoms with Gasteiger partial charge in [0.1, 0.15) is 5.76 Å². The average molecular weight is 325 g/mol. The Morgan fingerprint density at radius 3 is 2.83 bits per heavy atom. The number of likely N-dealkylation sites (tertiary alicyclic amines) is 1. The van der Waals surface area contributed by atoms with Crippen molar-refractivity contribution in [3.8, 4) is 0 Å². The number of hydrogen-bond donors (Lipinski definition) is 0. The Morgan fingerprint density at radius 1 is 1.25 bits per heavy atom. The Hall–Kier alpha value is -2.17. The highest BCUT2D eigenvalue weighted by molar-refractivity contribution is 5.93. The molecular weight excluding hydrogens is 302 g/mol. The summed E-state index contributed by atoms with van der Waals surface area (Å²) in [6.45, 7) is 2.62. The summed E-state index contributed by atoms with van der Waals surface area (Å²) in [6.07, 6.45) is 10.2. The Kier molecular flexibility index (Phi) is 4.08. The van der Waals surface area contributed by atoms with E-state index < -0.39 is 0 Å². The van der Waals surface area contributed by atoms with Crippen LogP contribution in [0.3, 0.4) is 0 Å². The highest BCUT2D eigenvalue weighted by Crippen LogP contribution is 2.37. The van der Waals surface area contributed by atoms with Gasteiger partial charge in [-0.05, 0) is 50.7 Å². The Labute approximate surface area is 142 Å². The zero-order chi connectivity index (χ0) is 16.5. The van der Waals surface area contributed by atoms with Gasteiger partial charge in [0, 0.05) is 24.9 Å². The van der Waals surface area contributed by atoms with E-state index in [4.69, 9.17) is 4.42 Å². The van der Waals surface area contributed by atoms with E-state index in [9.17, 15) is 4.79 Å². The number of nitrogens with zero attached hydrogens (tertiary/aromatic N) is 3. The minimum absolute atomic E-state index is 0.00428. The Morgan fingerprint density at radius 2 is 2.12 bits per heavy atom. The number of carbonyl (C=O) groups excluding carboxylic acids is 1. The number of aromatic nitrogens is 2. The van der Waals surface area contributed by atoms with Crippen molar-refractivity contribution in [1.29, 1.82) is 0 Å². The first kappa shape index (κ1) is 15.4. The Balaban J connectivity index is 1.61. The molecule has 0 radical (unpaired) electrons. The molecule has 1 saturated carbocycles. The van der Waals surface area contributed by atoms with Gasteiger partial charge in [0.05, 0.1) is 6.04 Å². The van der Waals surface area contributed by atoms with E-state index in [1.165, 1.54) is 6.42 Å². The molecule has 4 rings (SSSR count). The summed E-state index contributed by atoms with van der Waals surface area (Å²) < 4.78 is 5.80. The molecule has 1 aliphatic carbocycles. The maximum atomic E-state index is 13.1. The van der Waals surface area contributed by atoms with E-state index in [0.29, 0.717) is 17.4 Å². The predicted octanol–water partition coefficient (Wildman–Crippen LogP) is 4.01. The van der Waals surface area contributed by atoms with Crippen molar-refractivity contribution in [2.45, 2.75) is 57.4 Å². The number of hydrogen-bond acceptors (Lipinski definition) is 4. The summed E-state index contributed by atoms with van der Waals surface area (Å²) in [6, 6.07) is 4.07. The van der Waals surface area contributed by atoms with Gasteiger partial charge >= 0.3 is 0 Å². The number of oxazole rings is 1. The lowest BCUT2D eigenvalue weighted by Gasteiger charge is -2.35. The van der Waals surface area contributed by atoms with Crippen LogP contribution in [0.25, 0.3) is 0 Å². The number of pyridine rings is 1. The van der Waals surface area contributed by atoms with Gasteiger partial charge < -0.3 is 9.32 Å². The molecule has 2 aliphatic rings. The van der Waals surface area contributed by atoms with Gasteiger partial charge in [0.2, 0.25) is 0 Å². The maximum absolute atomic E-state index is 13.1. The van der Waals surface area contributed by atoms with Crippen LogP contribution >= 0.6 is 0 Å². The average Bonchev–Trinajstić information content (AvgIpc) is 2.94. The normalized spacial score (nSPS) is 21.5. The summed E-state index contributed by atoms with van der Waals surface area (Å²) in [5.41, 5.74) is 1.60. The van der Waals surface area contributed by atoms with Gasteiger partial charge in [-0.2, -0.15) is 0 Å². The molecule has 1 atom stereocenters. The largest absolute Gasteiger partial charge is 0.445 e. The van der Waals surface area contributed by atoms with Gasteiger partial charge in [0.15, 0.2) is 11.6 Å². The fourth-order valence-electron chi connectivity index (χ4n) is 3.68. The molecule has 1 aliphatic heterocycles. The third-order valence-electron chi connectivity index (χ3n) is 5.30. The van der Waals surface area contributed by atoms with Gasteiger partial charge in [-0.1, -0.05) is 12.5 Å². The summed E-state index contributed by atoms with van der Waals surface area (Å²) in [5.74, 6) is 1.80. The van der Waals surface area contributed by atoms with E-state index in [-0.39, 0.29) is 11.9 Å².